The summed E-state index contributed by atoms with van der Waals surface area (Å²) < 4.78 is 5.95. The van der Waals surface area contributed by atoms with Crippen molar-refractivity contribution < 1.29 is 14.6 Å². The van der Waals surface area contributed by atoms with Gasteiger partial charge < -0.3 is 9.84 Å². The van der Waals surface area contributed by atoms with E-state index >= 15 is 0 Å². The molecular formula is C11H9BrN2O3S2. The standard InChI is InChI=1S/C11H9BrN2O3S2/c1-17-8-3-6(2-7(12)10(8)16)4-13-14-9(15)5-19-11(14)18/h2-4,16H,5H2,1H3/b13-4+. The summed E-state index contributed by atoms with van der Waals surface area (Å²) in [6.45, 7) is 0. The molecule has 0 radical (unpaired) electrons. The number of thioether (sulfide) groups is 1. The highest BCUT2D eigenvalue weighted by Crippen LogP contribution is 2.34. The van der Waals surface area contributed by atoms with E-state index in [2.05, 4.69) is 21.0 Å². The molecule has 0 spiro atoms. The topological polar surface area (TPSA) is 62.1 Å². The molecule has 1 aliphatic heterocycles. The van der Waals surface area contributed by atoms with Crippen LogP contribution in [0.25, 0.3) is 0 Å². The highest BCUT2D eigenvalue weighted by atomic mass is 79.9. The monoisotopic (exact) mass is 360 g/mol. The summed E-state index contributed by atoms with van der Waals surface area (Å²) in [7, 11) is 1.46. The zero-order chi connectivity index (χ0) is 14.0. The fourth-order valence-electron chi connectivity index (χ4n) is 1.41. The molecule has 1 aliphatic rings. The number of phenols is 1. The minimum Gasteiger partial charge on any atom is -0.503 e. The van der Waals surface area contributed by atoms with Gasteiger partial charge in [-0.1, -0.05) is 24.0 Å². The molecule has 1 heterocycles. The van der Waals surface area contributed by atoms with Crippen molar-refractivity contribution in [2.75, 3.05) is 12.9 Å². The van der Waals surface area contributed by atoms with Gasteiger partial charge in [-0.05, 0) is 33.6 Å². The van der Waals surface area contributed by atoms with E-state index in [9.17, 15) is 9.90 Å². The van der Waals surface area contributed by atoms with Crippen molar-refractivity contribution in [3.8, 4) is 11.5 Å². The van der Waals surface area contributed by atoms with Crippen molar-refractivity contribution >= 4 is 56.4 Å². The Morgan fingerprint density at radius 2 is 2.37 bits per heavy atom. The van der Waals surface area contributed by atoms with E-state index in [-0.39, 0.29) is 11.7 Å². The molecule has 0 aliphatic carbocycles. The van der Waals surface area contributed by atoms with E-state index in [4.69, 9.17) is 17.0 Å². The SMILES string of the molecule is COc1cc(/C=N/N2C(=O)CSC2=S)cc(Br)c1O. The molecule has 19 heavy (non-hydrogen) atoms. The molecule has 5 nitrogen and oxygen atoms in total. The lowest BCUT2D eigenvalue weighted by Gasteiger charge is -2.08. The Morgan fingerprint density at radius 1 is 1.63 bits per heavy atom. The Balaban J connectivity index is 2.26. The summed E-state index contributed by atoms with van der Waals surface area (Å²) in [6, 6.07) is 3.28. The van der Waals surface area contributed by atoms with Crippen LogP contribution in [0.4, 0.5) is 0 Å². The van der Waals surface area contributed by atoms with Gasteiger partial charge in [-0.3, -0.25) is 4.79 Å². The number of benzene rings is 1. The minimum absolute atomic E-state index is 0.0166. The fourth-order valence-corrected chi connectivity index (χ4v) is 2.83. The predicted octanol–water partition coefficient (Wildman–Crippen LogP) is 2.36. The Kier molecular flexibility index (Phi) is 4.43. The quantitative estimate of drug-likeness (QED) is 0.662. The number of amides is 1. The third-order valence-corrected chi connectivity index (χ3v) is 4.26. The van der Waals surface area contributed by atoms with Crippen LogP contribution in [0.1, 0.15) is 5.56 Å². The number of hydrazone groups is 1. The van der Waals surface area contributed by atoms with Crippen LogP contribution in [-0.4, -0.2) is 39.4 Å². The van der Waals surface area contributed by atoms with Crippen molar-refractivity contribution in [2.45, 2.75) is 0 Å². The van der Waals surface area contributed by atoms with Gasteiger partial charge in [0.1, 0.15) is 0 Å². The molecule has 1 aromatic rings. The van der Waals surface area contributed by atoms with Crippen molar-refractivity contribution in [1.29, 1.82) is 0 Å². The summed E-state index contributed by atoms with van der Waals surface area (Å²) in [5.74, 6) is 0.512. The Morgan fingerprint density at radius 3 is 2.95 bits per heavy atom. The van der Waals surface area contributed by atoms with E-state index in [1.54, 1.807) is 12.1 Å². The summed E-state index contributed by atoms with van der Waals surface area (Å²) in [4.78, 5) is 11.5. The van der Waals surface area contributed by atoms with Crippen LogP contribution in [0, 0.1) is 0 Å². The first-order valence-corrected chi connectivity index (χ1v) is 7.32. The first-order valence-electron chi connectivity index (χ1n) is 5.13. The van der Waals surface area contributed by atoms with Crippen molar-refractivity contribution in [2.24, 2.45) is 5.10 Å². The number of aromatic hydroxyl groups is 1. The third-order valence-electron chi connectivity index (χ3n) is 2.32. The molecule has 0 aromatic heterocycles. The Hall–Kier alpha value is -1.12. The lowest BCUT2D eigenvalue weighted by Crippen LogP contribution is -2.22. The Bertz CT molecular complexity index is 561. The predicted molar refractivity (Wildman–Crippen MR) is 81.9 cm³/mol. The first kappa shape index (κ1) is 14.3. The maximum atomic E-state index is 11.5. The summed E-state index contributed by atoms with van der Waals surface area (Å²) >= 11 is 9.50. The van der Waals surface area contributed by atoms with Gasteiger partial charge in [0.05, 0.1) is 23.5 Å². The van der Waals surface area contributed by atoms with Gasteiger partial charge in [0, 0.05) is 0 Å². The van der Waals surface area contributed by atoms with Gasteiger partial charge in [0.15, 0.2) is 15.8 Å². The number of rotatable bonds is 3. The van der Waals surface area contributed by atoms with Gasteiger partial charge in [-0.2, -0.15) is 10.1 Å². The van der Waals surface area contributed by atoms with E-state index in [0.29, 0.717) is 25.9 Å². The number of hydrogen-bond acceptors (Lipinski definition) is 6. The second-order valence-electron chi connectivity index (χ2n) is 3.56. The van der Waals surface area contributed by atoms with Gasteiger partial charge in [-0.15, -0.1) is 0 Å². The second-order valence-corrected chi connectivity index (χ2v) is 6.02. The Labute approximate surface area is 127 Å². The maximum Gasteiger partial charge on any atom is 0.259 e. The third kappa shape index (κ3) is 3.07. The summed E-state index contributed by atoms with van der Waals surface area (Å²) in [5.41, 5.74) is 0.675. The molecule has 0 saturated carbocycles. The average Bonchev–Trinajstić information content (AvgIpc) is 2.70. The fraction of sp³-hybridized carbons (Fsp3) is 0.182. The highest BCUT2D eigenvalue weighted by Gasteiger charge is 2.25. The van der Waals surface area contributed by atoms with E-state index in [1.165, 1.54) is 30.1 Å². The molecule has 0 bridgehead atoms. The molecule has 1 saturated heterocycles. The highest BCUT2D eigenvalue weighted by molar-refractivity contribution is 9.10. The number of carbonyl (C=O) groups is 1. The molecule has 1 aromatic carbocycles. The van der Waals surface area contributed by atoms with Crippen LogP contribution in [0.2, 0.25) is 0 Å². The number of methoxy groups -OCH3 is 1. The average molecular weight is 361 g/mol. The van der Waals surface area contributed by atoms with Gasteiger partial charge in [0.25, 0.3) is 5.91 Å². The smallest absolute Gasteiger partial charge is 0.259 e. The van der Waals surface area contributed by atoms with Crippen LogP contribution in [0.15, 0.2) is 21.7 Å². The van der Waals surface area contributed by atoms with Crippen molar-refractivity contribution in [3.05, 3.63) is 22.2 Å². The van der Waals surface area contributed by atoms with Gasteiger partial charge in [0.2, 0.25) is 0 Å². The number of thiocarbonyl (C=S) groups is 1. The van der Waals surface area contributed by atoms with Gasteiger partial charge >= 0.3 is 0 Å². The van der Waals surface area contributed by atoms with E-state index in [0.717, 1.165) is 0 Å². The normalized spacial score (nSPS) is 15.6. The lowest BCUT2D eigenvalue weighted by atomic mass is 10.2. The molecule has 2 rings (SSSR count). The van der Waals surface area contributed by atoms with Crippen LogP contribution < -0.4 is 4.74 Å². The first-order chi connectivity index (χ1) is 9.02. The van der Waals surface area contributed by atoms with E-state index in [1.807, 2.05) is 0 Å². The number of ether oxygens (including phenoxy) is 1. The van der Waals surface area contributed by atoms with E-state index < -0.39 is 0 Å². The number of carbonyl (C=O) groups excluding carboxylic acids is 1. The van der Waals surface area contributed by atoms with Crippen molar-refractivity contribution in [3.63, 3.8) is 0 Å². The molecule has 100 valence electrons. The maximum absolute atomic E-state index is 11.5. The van der Waals surface area contributed by atoms with Crippen LogP contribution in [0.3, 0.4) is 0 Å². The molecular weight excluding hydrogens is 352 g/mol. The number of nitrogens with zero attached hydrogens (tertiary/aromatic N) is 2. The molecule has 1 amide bonds. The van der Waals surface area contributed by atoms with Crippen LogP contribution in [-0.2, 0) is 4.79 Å². The van der Waals surface area contributed by atoms with Crippen LogP contribution >= 0.6 is 39.9 Å². The number of phenolic OH excluding ortho intramolecular Hbond substituents is 1. The zero-order valence-electron chi connectivity index (χ0n) is 9.79. The summed E-state index contributed by atoms with van der Waals surface area (Å²) in [5, 5.41) is 14.9. The minimum atomic E-state index is -0.143. The molecule has 1 N–H and O–H groups in total. The number of hydrogen-bond donors (Lipinski definition) is 1. The second kappa shape index (κ2) is 5.89. The lowest BCUT2D eigenvalue weighted by molar-refractivity contribution is -0.123. The number of halogens is 1. The van der Waals surface area contributed by atoms with Crippen molar-refractivity contribution in [1.82, 2.24) is 5.01 Å². The molecule has 0 unspecified atom stereocenters. The summed E-state index contributed by atoms with van der Waals surface area (Å²) in [6.07, 6.45) is 1.49. The zero-order valence-corrected chi connectivity index (χ0v) is 13.0. The van der Waals surface area contributed by atoms with Gasteiger partial charge in [-0.25, -0.2) is 0 Å². The largest absolute Gasteiger partial charge is 0.503 e. The van der Waals surface area contributed by atoms with Crippen LogP contribution in [0.5, 0.6) is 11.5 Å². The molecule has 0 atom stereocenters. The molecule has 1 fully saturated rings. The molecule has 8 heteroatoms.